The first kappa shape index (κ1) is 18.1. The van der Waals surface area contributed by atoms with Gasteiger partial charge in [0, 0.05) is 13.5 Å². The number of hydrogen-bond donors (Lipinski definition) is 2. The van der Waals surface area contributed by atoms with Gasteiger partial charge in [-0.05, 0) is 30.5 Å². The van der Waals surface area contributed by atoms with Crippen molar-refractivity contribution in [2.75, 3.05) is 26.9 Å². The Labute approximate surface area is 131 Å². The predicted molar refractivity (Wildman–Crippen MR) is 83.4 cm³/mol. The molecular weight excluding hydrogens is 284 g/mol. The number of hydrogen-bond acceptors (Lipinski definition) is 4. The summed E-state index contributed by atoms with van der Waals surface area (Å²) in [5.41, 5.74) is 8.62. The Morgan fingerprint density at radius 2 is 1.95 bits per heavy atom. The molecule has 22 heavy (non-hydrogen) atoms. The molecule has 0 fully saturated rings. The fourth-order valence-corrected chi connectivity index (χ4v) is 1.93. The highest BCUT2D eigenvalue weighted by Crippen LogP contribution is 2.11. The summed E-state index contributed by atoms with van der Waals surface area (Å²) in [5, 5.41) is 2.60. The monoisotopic (exact) mass is 308 g/mol. The first-order valence-corrected chi connectivity index (χ1v) is 7.15. The van der Waals surface area contributed by atoms with E-state index in [1.165, 1.54) is 5.56 Å². The van der Waals surface area contributed by atoms with Gasteiger partial charge in [0.05, 0.1) is 13.2 Å². The van der Waals surface area contributed by atoms with E-state index in [0.29, 0.717) is 19.6 Å². The third-order valence-electron chi connectivity index (χ3n) is 3.35. The Morgan fingerprint density at radius 1 is 1.23 bits per heavy atom. The summed E-state index contributed by atoms with van der Waals surface area (Å²) >= 11 is 0. The van der Waals surface area contributed by atoms with Crippen molar-refractivity contribution in [2.45, 2.75) is 26.3 Å². The topological polar surface area (TPSA) is 90.7 Å². The Hall–Kier alpha value is -1.92. The highest BCUT2D eigenvalue weighted by molar-refractivity contribution is 5.87. The van der Waals surface area contributed by atoms with E-state index in [9.17, 15) is 9.59 Å². The number of ether oxygens (including phenoxy) is 2. The number of aryl methyl sites for hydroxylation is 2. The number of primary amides is 1. The first-order chi connectivity index (χ1) is 10.4. The van der Waals surface area contributed by atoms with Crippen molar-refractivity contribution in [1.82, 2.24) is 5.32 Å². The molecule has 122 valence electrons. The molecule has 6 nitrogen and oxygen atoms in total. The average Bonchev–Trinajstić information content (AvgIpc) is 2.46. The molecule has 1 rings (SSSR count). The predicted octanol–water partition coefficient (Wildman–Crippen LogP) is 0.479. The first-order valence-electron chi connectivity index (χ1n) is 7.15. The molecule has 0 aliphatic carbocycles. The molecule has 0 bridgehead atoms. The van der Waals surface area contributed by atoms with Crippen molar-refractivity contribution < 1.29 is 19.1 Å². The number of amides is 2. The van der Waals surface area contributed by atoms with Crippen LogP contribution in [0.2, 0.25) is 0 Å². The van der Waals surface area contributed by atoms with Crippen LogP contribution in [0, 0.1) is 13.8 Å². The van der Waals surface area contributed by atoms with Gasteiger partial charge in [0.1, 0.15) is 12.6 Å². The van der Waals surface area contributed by atoms with E-state index in [1.54, 1.807) is 7.11 Å². The molecule has 1 atom stereocenters. The van der Waals surface area contributed by atoms with Crippen molar-refractivity contribution in [3.8, 4) is 0 Å². The van der Waals surface area contributed by atoms with Gasteiger partial charge in [-0.25, -0.2) is 0 Å². The normalized spacial score (nSPS) is 12.0. The zero-order valence-corrected chi connectivity index (χ0v) is 13.3. The van der Waals surface area contributed by atoms with Crippen LogP contribution in [-0.4, -0.2) is 44.8 Å². The van der Waals surface area contributed by atoms with Crippen molar-refractivity contribution >= 4 is 11.8 Å². The highest BCUT2D eigenvalue weighted by Gasteiger charge is 2.18. The minimum atomic E-state index is -0.749. The molecule has 2 amide bonds. The van der Waals surface area contributed by atoms with E-state index < -0.39 is 11.9 Å². The molecule has 0 aliphatic heterocycles. The van der Waals surface area contributed by atoms with Gasteiger partial charge >= 0.3 is 0 Å². The van der Waals surface area contributed by atoms with E-state index in [-0.39, 0.29) is 12.5 Å². The summed E-state index contributed by atoms with van der Waals surface area (Å²) in [4.78, 5) is 23.3. The van der Waals surface area contributed by atoms with Crippen LogP contribution in [0.15, 0.2) is 18.2 Å². The van der Waals surface area contributed by atoms with Gasteiger partial charge in [-0.3, -0.25) is 9.59 Å². The van der Waals surface area contributed by atoms with Gasteiger partial charge in [-0.2, -0.15) is 0 Å². The number of carbonyl (C=O) groups is 2. The Kier molecular flexibility index (Phi) is 7.56. The largest absolute Gasteiger partial charge is 0.382 e. The molecule has 0 unspecified atom stereocenters. The third kappa shape index (κ3) is 6.24. The lowest BCUT2D eigenvalue weighted by Gasteiger charge is -2.16. The molecule has 0 saturated carbocycles. The molecule has 0 heterocycles. The van der Waals surface area contributed by atoms with Gasteiger partial charge < -0.3 is 20.5 Å². The molecule has 0 radical (unpaired) electrons. The van der Waals surface area contributed by atoms with E-state index in [1.807, 2.05) is 32.0 Å². The second kappa shape index (κ2) is 9.17. The average molecular weight is 308 g/mol. The molecule has 0 saturated heterocycles. The summed E-state index contributed by atoms with van der Waals surface area (Å²) in [7, 11) is 1.55. The standard InChI is InChI=1S/C16H24N2O4/c1-11-4-5-13(8-12(11)2)9-14(16(17)20)18-15(19)10-22-7-6-21-3/h4-5,8,14H,6-7,9-10H2,1-3H3,(H2,17,20)(H,18,19)/t14-/m0/s1. The van der Waals surface area contributed by atoms with Crippen LogP contribution >= 0.6 is 0 Å². The number of rotatable bonds is 9. The van der Waals surface area contributed by atoms with E-state index in [0.717, 1.165) is 11.1 Å². The quantitative estimate of drug-likeness (QED) is 0.649. The van der Waals surface area contributed by atoms with Crippen molar-refractivity contribution in [3.05, 3.63) is 34.9 Å². The second-order valence-electron chi connectivity index (χ2n) is 5.19. The smallest absolute Gasteiger partial charge is 0.246 e. The SMILES string of the molecule is COCCOCC(=O)N[C@@H](Cc1ccc(C)c(C)c1)C(N)=O. The number of nitrogens with two attached hydrogens (primary N) is 1. The van der Waals surface area contributed by atoms with Crippen molar-refractivity contribution in [3.63, 3.8) is 0 Å². The molecule has 0 aromatic heterocycles. The highest BCUT2D eigenvalue weighted by atomic mass is 16.5. The summed E-state index contributed by atoms with van der Waals surface area (Å²) in [5.74, 6) is -0.938. The molecular formula is C16H24N2O4. The van der Waals surface area contributed by atoms with Gasteiger partial charge in [-0.1, -0.05) is 18.2 Å². The molecule has 3 N–H and O–H groups in total. The molecule has 6 heteroatoms. The number of methoxy groups -OCH3 is 1. The summed E-state index contributed by atoms with van der Waals surface area (Å²) in [6, 6.07) is 5.16. The van der Waals surface area contributed by atoms with E-state index in [4.69, 9.17) is 15.2 Å². The van der Waals surface area contributed by atoms with Crippen molar-refractivity contribution in [2.24, 2.45) is 5.73 Å². The fourth-order valence-electron chi connectivity index (χ4n) is 1.93. The summed E-state index contributed by atoms with van der Waals surface area (Å²) in [6.45, 7) is 4.63. The Morgan fingerprint density at radius 3 is 2.55 bits per heavy atom. The van der Waals surface area contributed by atoms with Crippen LogP contribution in [0.3, 0.4) is 0 Å². The van der Waals surface area contributed by atoms with Crippen molar-refractivity contribution in [1.29, 1.82) is 0 Å². The lowest BCUT2D eigenvalue weighted by molar-refractivity contribution is -0.130. The van der Waals surface area contributed by atoms with Gasteiger partial charge in [-0.15, -0.1) is 0 Å². The fraction of sp³-hybridized carbons (Fsp3) is 0.500. The zero-order chi connectivity index (χ0) is 16.5. The molecule has 1 aromatic carbocycles. The Bertz CT molecular complexity index is 517. The maximum absolute atomic E-state index is 11.7. The van der Waals surface area contributed by atoms with Gasteiger partial charge in [0.2, 0.25) is 11.8 Å². The van der Waals surface area contributed by atoms with E-state index in [2.05, 4.69) is 5.32 Å². The molecule has 0 aliphatic rings. The summed E-state index contributed by atoms with van der Waals surface area (Å²) < 4.78 is 9.92. The minimum absolute atomic E-state index is 0.125. The summed E-state index contributed by atoms with van der Waals surface area (Å²) in [6.07, 6.45) is 0.361. The van der Waals surface area contributed by atoms with Crippen LogP contribution in [-0.2, 0) is 25.5 Å². The van der Waals surface area contributed by atoms with Crippen LogP contribution in [0.1, 0.15) is 16.7 Å². The van der Waals surface area contributed by atoms with Gasteiger partial charge in [0.15, 0.2) is 0 Å². The Balaban J connectivity index is 2.56. The van der Waals surface area contributed by atoms with Gasteiger partial charge in [0.25, 0.3) is 0 Å². The maximum atomic E-state index is 11.7. The maximum Gasteiger partial charge on any atom is 0.246 e. The van der Waals surface area contributed by atoms with Crippen LogP contribution in [0.5, 0.6) is 0 Å². The number of benzene rings is 1. The number of carbonyl (C=O) groups excluding carboxylic acids is 2. The second-order valence-corrected chi connectivity index (χ2v) is 5.19. The third-order valence-corrected chi connectivity index (χ3v) is 3.35. The number of nitrogens with one attached hydrogen (secondary N) is 1. The lowest BCUT2D eigenvalue weighted by atomic mass is 10.0. The minimum Gasteiger partial charge on any atom is -0.382 e. The molecule has 1 aromatic rings. The van der Waals surface area contributed by atoms with E-state index >= 15 is 0 Å². The van der Waals surface area contributed by atoms with Crippen LogP contribution in [0.4, 0.5) is 0 Å². The van der Waals surface area contributed by atoms with Crippen LogP contribution < -0.4 is 11.1 Å². The molecule has 0 spiro atoms. The van der Waals surface area contributed by atoms with Crippen LogP contribution in [0.25, 0.3) is 0 Å². The lowest BCUT2D eigenvalue weighted by Crippen LogP contribution is -2.47. The zero-order valence-electron chi connectivity index (χ0n) is 13.3.